The molecule has 1 aliphatic carbocycles. The summed E-state index contributed by atoms with van der Waals surface area (Å²) in [6.07, 6.45) is 2.86. The van der Waals surface area contributed by atoms with Crippen LogP contribution in [0.15, 0.2) is 18.2 Å². The van der Waals surface area contributed by atoms with Crippen LogP contribution in [-0.2, 0) is 6.54 Å². The Morgan fingerprint density at radius 3 is 2.67 bits per heavy atom. The third kappa shape index (κ3) is 3.49. The fourth-order valence-electron chi connectivity index (χ4n) is 3.70. The molecule has 0 spiro atoms. The van der Waals surface area contributed by atoms with Gasteiger partial charge in [0.25, 0.3) is 0 Å². The first kappa shape index (κ1) is 15.1. The second-order valence-corrected chi connectivity index (χ2v) is 7.52. The Labute approximate surface area is 129 Å². The lowest BCUT2D eigenvalue weighted by molar-refractivity contribution is 0.0850. The highest BCUT2D eigenvalue weighted by Crippen LogP contribution is 2.35. The third-order valence-electron chi connectivity index (χ3n) is 5.33. The Balaban J connectivity index is 1.76. The second-order valence-electron chi connectivity index (χ2n) is 7.52. The molecule has 1 aliphatic heterocycles. The molecule has 1 aromatic carbocycles. The standard InChI is InChI=1S/C19H30N2/c1-13(2)19-10-20-18(16-7-8-16)12-21(19)11-17-9-14(3)5-6-15(17)4/h5-6,9,13,16,18-20H,7-8,10-12H2,1-4H3. The largest absolute Gasteiger partial charge is 0.311 e. The molecule has 116 valence electrons. The van der Waals surface area contributed by atoms with Crippen molar-refractivity contribution in [1.29, 1.82) is 0 Å². The fraction of sp³-hybridized carbons (Fsp3) is 0.684. The molecule has 21 heavy (non-hydrogen) atoms. The van der Waals surface area contributed by atoms with E-state index in [-0.39, 0.29) is 0 Å². The van der Waals surface area contributed by atoms with Crippen molar-refractivity contribution >= 4 is 0 Å². The van der Waals surface area contributed by atoms with Gasteiger partial charge in [0, 0.05) is 31.7 Å². The lowest BCUT2D eigenvalue weighted by atomic mass is 9.95. The normalized spacial score (nSPS) is 27.3. The van der Waals surface area contributed by atoms with Gasteiger partial charge in [-0.1, -0.05) is 37.6 Å². The summed E-state index contributed by atoms with van der Waals surface area (Å²) in [4.78, 5) is 2.74. The molecule has 2 fully saturated rings. The van der Waals surface area contributed by atoms with Gasteiger partial charge in [0.15, 0.2) is 0 Å². The first-order chi connectivity index (χ1) is 10.0. The molecule has 0 aromatic heterocycles. The SMILES string of the molecule is Cc1ccc(C)c(CN2CC(C3CC3)NCC2C(C)C)c1. The van der Waals surface area contributed by atoms with E-state index in [0.717, 1.165) is 25.0 Å². The van der Waals surface area contributed by atoms with Crippen LogP contribution >= 0.6 is 0 Å². The molecule has 2 heteroatoms. The molecular formula is C19H30N2. The summed E-state index contributed by atoms with van der Waals surface area (Å²) in [5.74, 6) is 1.65. The van der Waals surface area contributed by atoms with E-state index in [1.807, 2.05) is 0 Å². The molecular weight excluding hydrogens is 256 g/mol. The number of rotatable bonds is 4. The molecule has 1 N–H and O–H groups in total. The van der Waals surface area contributed by atoms with Gasteiger partial charge >= 0.3 is 0 Å². The monoisotopic (exact) mass is 286 g/mol. The maximum Gasteiger partial charge on any atom is 0.0247 e. The van der Waals surface area contributed by atoms with Crippen molar-refractivity contribution in [3.8, 4) is 0 Å². The predicted octanol–water partition coefficient (Wildman–Crippen LogP) is 3.51. The molecule has 0 bridgehead atoms. The van der Waals surface area contributed by atoms with Crippen molar-refractivity contribution in [1.82, 2.24) is 10.2 Å². The minimum absolute atomic E-state index is 0.667. The van der Waals surface area contributed by atoms with Crippen LogP contribution in [0.5, 0.6) is 0 Å². The van der Waals surface area contributed by atoms with Gasteiger partial charge in [-0.2, -0.15) is 0 Å². The summed E-state index contributed by atoms with van der Waals surface area (Å²) in [6, 6.07) is 8.27. The number of nitrogens with zero attached hydrogens (tertiary/aromatic N) is 1. The Hall–Kier alpha value is -0.860. The summed E-state index contributed by atoms with van der Waals surface area (Å²) < 4.78 is 0. The molecule has 0 amide bonds. The van der Waals surface area contributed by atoms with Crippen molar-refractivity contribution in [3.05, 3.63) is 34.9 Å². The van der Waals surface area contributed by atoms with Crippen LogP contribution in [-0.4, -0.2) is 30.1 Å². The number of aryl methyl sites for hydroxylation is 2. The van der Waals surface area contributed by atoms with E-state index in [4.69, 9.17) is 0 Å². The minimum atomic E-state index is 0.667. The highest BCUT2D eigenvalue weighted by atomic mass is 15.2. The maximum absolute atomic E-state index is 3.81. The van der Waals surface area contributed by atoms with Crippen molar-refractivity contribution in [3.63, 3.8) is 0 Å². The molecule has 2 unspecified atom stereocenters. The Morgan fingerprint density at radius 2 is 2.00 bits per heavy atom. The van der Waals surface area contributed by atoms with Crippen molar-refractivity contribution in [2.24, 2.45) is 11.8 Å². The van der Waals surface area contributed by atoms with Crippen LogP contribution in [0.3, 0.4) is 0 Å². The average Bonchev–Trinajstić information content (AvgIpc) is 3.27. The lowest BCUT2D eigenvalue weighted by Gasteiger charge is -2.43. The van der Waals surface area contributed by atoms with Gasteiger partial charge in [-0.25, -0.2) is 0 Å². The quantitative estimate of drug-likeness (QED) is 0.911. The van der Waals surface area contributed by atoms with Gasteiger partial charge < -0.3 is 5.32 Å². The van der Waals surface area contributed by atoms with E-state index in [0.29, 0.717) is 12.0 Å². The number of benzene rings is 1. The number of nitrogens with one attached hydrogen (secondary N) is 1. The first-order valence-electron chi connectivity index (χ1n) is 8.58. The first-order valence-corrected chi connectivity index (χ1v) is 8.58. The summed E-state index contributed by atoms with van der Waals surface area (Å²) in [5.41, 5.74) is 4.33. The fourth-order valence-corrected chi connectivity index (χ4v) is 3.70. The predicted molar refractivity (Wildman–Crippen MR) is 89.5 cm³/mol. The van der Waals surface area contributed by atoms with E-state index in [1.54, 1.807) is 0 Å². The molecule has 0 radical (unpaired) electrons. The van der Waals surface area contributed by atoms with Crippen molar-refractivity contribution < 1.29 is 0 Å². The summed E-state index contributed by atoms with van der Waals surface area (Å²) in [7, 11) is 0. The molecule has 2 aliphatic rings. The number of hydrogen-bond acceptors (Lipinski definition) is 2. The smallest absolute Gasteiger partial charge is 0.0247 e. The maximum atomic E-state index is 3.81. The van der Waals surface area contributed by atoms with Crippen LogP contribution in [0.1, 0.15) is 43.4 Å². The number of hydrogen-bond donors (Lipinski definition) is 1. The molecule has 1 saturated heterocycles. The summed E-state index contributed by atoms with van der Waals surface area (Å²) >= 11 is 0. The molecule has 2 atom stereocenters. The van der Waals surface area contributed by atoms with Crippen LogP contribution in [0.2, 0.25) is 0 Å². The summed E-state index contributed by atoms with van der Waals surface area (Å²) in [5, 5.41) is 3.81. The van der Waals surface area contributed by atoms with E-state index >= 15 is 0 Å². The van der Waals surface area contributed by atoms with Gasteiger partial charge in [-0.15, -0.1) is 0 Å². The average molecular weight is 286 g/mol. The zero-order valence-electron chi connectivity index (χ0n) is 14.0. The van der Waals surface area contributed by atoms with E-state index in [9.17, 15) is 0 Å². The zero-order chi connectivity index (χ0) is 15.0. The van der Waals surface area contributed by atoms with Gasteiger partial charge in [-0.3, -0.25) is 4.90 Å². The van der Waals surface area contributed by atoms with Gasteiger partial charge in [0.1, 0.15) is 0 Å². The van der Waals surface area contributed by atoms with Crippen LogP contribution < -0.4 is 5.32 Å². The highest BCUT2D eigenvalue weighted by molar-refractivity contribution is 5.30. The Morgan fingerprint density at radius 1 is 1.24 bits per heavy atom. The second kappa shape index (κ2) is 6.10. The Bertz CT molecular complexity index is 490. The van der Waals surface area contributed by atoms with Crippen molar-refractivity contribution in [2.75, 3.05) is 13.1 Å². The van der Waals surface area contributed by atoms with E-state index in [2.05, 4.69) is 56.1 Å². The van der Waals surface area contributed by atoms with Gasteiger partial charge in [0.05, 0.1) is 0 Å². The van der Waals surface area contributed by atoms with E-state index < -0.39 is 0 Å². The highest BCUT2D eigenvalue weighted by Gasteiger charge is 2.37. The minimum Gasteiger partial charge on any atom is -0.311 e. The van der Waals surface area contributed by atoms with Crippen LogP contribution in [0.25, 0.3) is 0 Å². The topological polar surface area (TPSA) is 15.3 Å². The summed E-state index contributed by atoms with van der Waals surface area (Å²) in [6.45, 7) is 12.7. The van der Waals surface area contributed by atoms with Crippen LogP contribution in [0.4, 0.5) is 0 Å². The zero-order valence-corrected chi connectivity index (χ0v) is 14.0. The van der Waals surface area contributed by atoms with Crippen molar-refractivity contribution in [2.45, 2.75) is 59.2 Å². The molecule has 1 aromatic rings. The van der Waals surface area contributed by atoms with E-state index in [1.165, 1.54) is 36.1 Å². The number of piperazine rings is 1. The molecule has 1 saturated carbocycles. The van der Waals surface area contributed by atoms with Crippen LogP contribution in [0, 0.1) is 25.7 Å². The molecule has 2 nitrogen and oxygen atoms in total. The lowest BCUT2D eigenvalue weighted by Crippen LogP contribution is -2.58. The molecule has 1 heterocycles. The third-order valence-corrected chi connectivity index (χ3v) is 5.33. The Kier molecular flexibility index (Phi) is 4.37. The van der Waals surface area contributed by atoms with Gasteiger partial charge in [0.2, 0.25) is 0 Å². The van der Waals surface area contributed by atoms with Gasteiger partial charge in [-0.05, 0) is 49.7 Å². The molecule has 3 rings (SSSR count).